The standard InChI is InChI=1S/C14H24FN3/c1-5-13(14-7-6-12(15)10-16-14)17-11(2)8-9-18(3)4/h6-7,10-11,13,17H,5,8-9H2,1-4H3. The Morgan fingerprint density at radius 3 is 2.61 bits per heavy atom. The van der Waals surface area contributed by atoms with Crippen molar-refractivity contribution in [1.82, 2.24) is 15.2 Å². The number of hydrogen-bond acceptors (Lipinski definition) is 3. The number of nitrogens with zero attached hydrogens (tertiary/aromatic N) is 2. The first-order valence-corrected chi connectivity index (χ1v) is 6.55. The van der Waals surface area contributed by atoms with E-state index < -0.39 is 0 Å². The summed E-state index contributed by atoms with van der Waals surface area (Å²) in [5, 5.41) is 3.55. The fourth-order valence-corrected chi connectivity index (χ4v) is 1.88. The molecule has 0 saturated heterocycles. The molecule has 0 aliphatic rings. The van der Waals surface area contributed by atoms with Crippen LogP contribution in [0.4, 0.5) is 4.39 Å². The van der Waals surface area contributed by atoms with Crippen molar-refractivity contribution in [2.75, 3.05) is 20.6 Å². The zero-order valence-corrected chi connectivity index (χ0v) is 11.8. The topological polar surface area (TPSA) is 28.2 Å². The molecule has 1 rings (SSSR count). The minimum absolute atomic E-state index is 0.197. The van der Waals surface area contributed by atoms with Crippen molar-refractivity contribution in [3.05, 3.63) is 29.8 Å². The third-order valence-corrected chi connectivity index (χ3v) is 3.01. The molecule has 1 heterocycles. The first-order chi connectivity index (χ1) is 8.52. The minimum Gasteiger partial charge on any atom is -0.309 e. The summed E-state index contributed by atoms with van der Waals surface area (Å²) in [5.74, 6) is -0.283. The Hall–Kier alpha value is -1.00. The Morgan fingerprint density at radius 1 is 1.39 bits per heavy atom. The Kier molecular flexibility index (Phi) is 6.22. The molecule has 18 heavy (non-hydrogen) atoms. The molecule has 0 radical (unpaired) electrons. The maximum atomic E-state index is 12.8. The van der Waals surface area contributed by atoms with E-state index in [1.807, 2.05) is 0 Å². The van der Waals surface area contributed by atoms with Gasteiger partial charge >= 0.3 is 0 Å². The van der Waals surface area contributed by atoms with Gasteiger partial charge in [0, 0.05) is 12.1 Å². The van der Waals surface area contributed by atoms with Crippen LogP contribution in [0.1, 0.15) is 38.4 Å². The molecule has 0 bridgehead atoms. The van der Waals surface area contributed by atoms with Crippen molar-refractivity contribution in [3.8, 4) is 0 Å². The zero-order valence-electron chi connectivity index (χ0n) is 11.8. The van der Waals surface area contributed by atoms with E-state index in [-0.39, 0.29) is 11.9 Å². The molecule has 0 amide bonds. The van der Waals surface area contributed by atoms with Gasteiger partial charge in [0.05, 0.1) is 11.9 Å². The summed E-state index contributed by atoms with van der Waals surface area (Å²) in [5.41, 5.74) is 0.913. The summed E-state index contributed by atoms with van der Waals surface area (Å²) < 4.78 is 12.8. The molecule has 0 aliphatic heterocycles. The highest BCUT2D eigenvalue weighted by Crippen LogP contribution is 2.15. The van der Waals surface area contributed by atoms with E-state index in [1.54, 1.807) is 6.07 Å². The van der Waals surface area contributed by atoms with E-state index in [9.17, 15) is 4.39 Å². The van der Waals surface area contributed by atoms with E-state index in [0.717, 1.165) is 25.1 Å². The maximum Gasteiger partial charge on any atom is 0.141 e. The lowest BCUT2D eigenvalue weighted by atomic mass is 10.1. The summed E-state index contributed by atoms with van der Waals surface area (Å²) in [4.78, 5) is 6.33. The number of nitrogens with one attached hydrogen (secondary N) is 1. The lowest BCUT2D eigenvalue weighted by Crippen LogP contribution is -2.33. The van der Waals surface area contributed by atoms with Crippen LogP contribution in [0.25, 0.3) is 0 Å². The number of aromatic nitrogens is 1. The number of pyridine rings is 1. The first kappa shape index (κ1) is 15.1. The zero-order chi connectivity index (χ0) is 13.5. The monoisotopic (exact) mass is 253 g/mol. The second kappa shape index (κ2) is 7.44. The van der Waals surface area contributed by atoms with Gasteiger partial charge in [-0.25, -0.2) is 4.39 Å². The van der Waals surface area contributed by atoms with Crippen molar-refractivity contribution in [2.45, 2.75) is 38.8 Å². The molecule has 0 spiro atoms. The van der Waals surface area contributed by atoms with Gasteiger partial charge in [0.25, 0.3) is 0 Å². The van der Waals surface area contributed by atoms with E-state index in [1.165, 1.54) is 12.3 Å². The fourth-order valence-electron chi connectivity index (χ4n) is 1.88. The SMILES string of the molecule is CCC(NC(C)CCN(C)C)c1ccc(F)cn1. The largest absolute Gasteiger partial charge is 0.309 e. The van der Waals surface area contributed by atoms with Gasteiger partial charge in [-0.1, -0.05) is 6.92 Å². The Morgan fingerprint density at radius 2 is 2.11 bits per heavy atom. The smallest absolute Gasteiger partial charge is 0.141 e. The van der Waals surface area contributed by atoms with Crippen molar-refractivity contribution >= 4 is 0 Å². The Balaban J connectivity index is 2.53. The van der Waals surface area contributed by atoms with Crippen LogP contribution in [-0.4, -0.2) is 36.6 Å². The molecule has 1 N–H and O–H groups in total. The van der Waals surface area contributed by atoms with Crippen LogP contribution in [0.5, 0.6) is 0 Å². The molecule has 4 heteroatoms. The van der Waals surface area contributed by atoms with Gasteiger partial charge in [-0.2, -0.15) is 0 Å². The van der Waals surface area contributed by atoms with Gasteiger partial charge in [0.1, 0.15) is 5.82 Å². The average molecular weight is 253 g/mol. The average Bonchev–Trinajstić information content (AvgIpc) is 2.34. The first-order valence-electron chi connectivity index (χ1n) is 6.55. The summed E-state index contributed by atoms with van der Waals surface area (Å²) in [6.45, 7) is 5.35. The third-order valence-electron chi connectivity index (χ3n) is 3.01. The maximum absolute atomic E-state index is 12.8. The lowest BCUT2D eigenvalue weighted by molar-refractivity contribution is 0.345. The van der Waals surface area contributed by atoms with E-state index in [4.69, 9.17) is 0 Å². The number of hydrogen-bond donors (Lipinski definition) is 1. The van der Waals surface area contributed by atoms with Gasteiger partial charge in [-0.15, -0.1) is 0 Å². The molecule has 2 atom stereocenters. The number of halogens is 1. The van der Waals surface area contributed by atoms with Crippen LogP contribution in [0, 0.1) is 5.82 Å². The van der Waals surface area contributed by atoms with Crippen molar-refractivity contribution in [1.29, 1.82) is 0 Å². The van der Waals surface area contributed by atoms with E-state index >= 15 is 0 Å². The predicted octanol–water partition coefficient (Wildman–Crippen LogP) is 2.60. The van der Waals surface area contributed by atoms with Gasteiger partial charge in [-0.05, 0) is 52.5 Å². The molecule has 2 unspecified atom stereocenters. The molecule has 0 fully saturated rings. The lowest BCUT2D eigenvalue weighted by Gasteiger charge is -2.23. The molecule has 1 aromatic rings. The molecule has 1 aromatic heterocycles. The Labute approximate surface area is 109 Å². The highest BCUT2D eigenvalue weighted by Gasteiger charge is 2.13. The Bertz CT molecular complexity index is 337. The molecule has 102 valence electrons. The summed E-state index contributed by atoms with van der Waals surface area (Å²) >= 11 is 0. The highest BCUT2D eigenvalue weighted by atomic mass is 19.1. The summed E-state index contributed by atoms with van der Waals surface area (Å²) in [7, 11) is 4.15. The van der Waals surface area contributed by atoms with Gasteiger partial charge < -0.3 is 10.2 Å². The van der Waals surface area contributed by atoms with Crippen LogP contribution in [0.15, 0.2) is 18.3 Å². The summed E-state index contributed by atoms with van der Waals surface area (Å²) in [6, 6.07) is 3.85. The normalized spacial score (nSPS) is 14.8. The van der Waals surface area contributed by atoms with E-state index in [2.05, 4.69) is 43.1 Å². The van der Waals surface area contributed by atoms with E-state index in [0.29, 0.717) is 6.04 Å². The second-order valence-corrected chi connectivity index (χ2v) is 5.02. The summed E-state index contributed by atoms with van der Waals surface area (Å²) in [6.07, 6.45) is 3.32. The molecule has 3 nitrogen and oxygen atoms in total. The second-order valence-electron chi connectivity index (χ2n) is 5.02. The molecule has 0 aromatic carbocycles. The van der Waals surface area contributed by atoms with Gasteiger partial charge in [0.15, 0.2) is 0 Å². The van der Waals surface area contributed by atoms with Crippen molar-refractivity contribution in [2.24, 2.45) is 0 Å². The quantitative estimate of drug-likeness (QED) is 0.809. The van der Waals surface area contributed by atoms with Crippen molar-refractivity contribution in [3.63, 3.8) is 0 Å². The van der Waals surface area contributed by atoms with Crippen LogP contribution in [0.3, 0.4) is 0 Å². The molecule has 0 aliphatic carbocycles. The fraction of sp³-hybridized carbons (Fsp3) is 0.643. The van der Waals surface area contributed by atoms with Gasteiger partial charge in [0.2, 0.25) is 0 Å². The highest BCUT2D eigenvalue weighted by molar-refractivity contribution is 5.09. The number of rotatable bonds is 7. The minimum atomic E-state index is -0.283. The third kappa shape index (κ3) is 5.10. The van der Waals surface area contributed by atoms with Crippen LogP contribution < -0.4 is 5.32 Å². The predicted molar refractivity (Wildman–Crippen MR) is 73.0 cm³/mol. The van der Waals surface area contributed by atoms with Crippen LogP contribution >= 0.6 is 0 Å². The van der Waals surface area contributed by atoms with Crippen molar-refractivity contribution < 1.29 is 4.39 Å². The van der Waals surface area contributed by atoms with Gasteiger partial charge in [-0.3, -0.25) is 4.98 Å². The molecular weight excluding hydrogens is 229 g/mol. The molecule has 0 saturated carbocycles. The van der Waals surface area contributed by atoms with Crippen LogP contribution in [0.2, 0.25) is 0 Å². The van der Waals surface area contributed by atoms with Crippen LogP contribution in [-0.2, 0) is 0 Å². The molecular formula is C14H24FN3.